The summed E-state index contributed by atoms with van der Waals surface area (Å²) in [5, 5.41) is 22.6. The number of rotatable bonds is 7. The molecule has 2 amide bonds. The number of carbonyl (C=O) groups is 3. The van der Waals surface area contributed by atoms with Crippen LogP contribution in [-0.4, -0.2) is 113 Å². The van der Waals surface area contributed by atoms with Crippen LogP contribution in [0.25, 0.3) is 0 Å². The number of nitrogens with one attached hydrogen (secondary N) is 1. The Bertz CT molecular complexity index is 1420. The number of aliphatic hydroxyl groups excluding tert-OH is 2. The van der Waals surface area contributed by atoms with Crippen LogP contribution in [-0.2, 0) is 30.6 Å². The van der Waals surface area contributed by atoms with E-state index in [4.69, 9.17) is 9.15 Å². The van der Waals surface area contributed by atoms with E-state index in [-0.39, 0.29) is 73.1 Å². The molecule has 1 aromatic heterocycles. The Morgan fingerprint density at radius 2 is 1.88 bits per heavy atom. The average molecular weight is 695 g/mol. The normalized spacial score (nSPS) is 28.3. The highest BCUT2D eigenvalue weighted by atomic mass is 32.2. The summed E-state index contributed by atoms with van der Waals surface area (Å²) in [5.41, 5.74) is 0.737. The van der Waals surface area contributed by atoms with Gasteiger partial charge in [-0.05, 0) is 63.6 Å². The highest BCUT2D eigenvalue weighted by molar-refractivity contribution is 7.92. The van der Waals surface area contributed by atoms with Gasteiger partial charge in [0.05, 0.1) is 23.5 Å². The highest BCUT2D eigenvalue weighted by Gasteiger charge is 2.50. The van der Waals surface area contributed by atoms with Gasteiger partial charge in [-0.3, -0.25) is 9.59 Å². The van der Waals surface area contributed by atoms with Gasteiger partial charge in [-0.25, -0.2) is 18.2 Å². The van der Waals surface area contributed by atoms with Crippen molar-refractivity contribution in [3.63, 3.8) is 0 Å². The maximum Gasteiger partial charge on any atom is 0.330 e. The molecule has 0 radical (unpaired) electrons. The zero-order valence-corrected chi connectivity index (χ0v) is 30.0. The van der Waals surface area contributed by atoms with Gasteiger partial charge < -0.3 is 34.5 Å². The van der Waals surface area contributed by atoms with Crippen LogP contribution in [0.2, 0.25) is 0 Å². The van der Waals surface area contributed by atoms with E-state index in [1.807, 2.05) is 52.5 Å². The number of carbonyl (C=O) groups excluding carboxylic acids is 3. The minimum Gasteiger partial charge on any atom is -0.512 e. The standard InChI is InChI=1S/C34H54N4O9S/c1-7-37(8-2)16-17-48(44,45)28-13-15-38-31(28)34(43)47-32(22(3)4)24(6)11-12-29(41)35-14-9-10-23(5)18-25(39)19-26(40)20-30-36-27(21-46-30)33(38)42/h10,19,21-22,24-25,28,31-32,39-40H,7-9,11-18,20H2,1-6H3,(H,35,41)/b23-10+,26-19+/t24-,25-,28-,31-,32-/m1/s1. The van der Waals surface area contributed by atoms with E-state index in [2.05, 4.69) is 10.3 Å². The summed E-state index contributed by atoms with van der Waals surface area (Å²) in [4.78, 5) is 47.9. The second kappa shape index (κ2) is 18.0. The molecular formula is C34H54N4O9S. The molecule has 0 aliphatic carbocycles. The number of cyclic esters (lactones) is 1. The lowest BCUT2D eigenvalue weighted by Gasteiger charge is -2.32. The number of oxazole rings is 1. The lowest BCUT2D eigenvalue weighted by atomic mass is 9.90. The molecule has 1 saturated heterocycles. The summed E-state index contributed by atoms with van der Waals surface area (Å²) in [6, 6.07) is -1.41. The quantitative estimate of drug-likeness (QED) is 0.282. The van der Waals surface area contributed by atoms with Crippen molar-refractivity contribution < 1.29 is 42.2 Å². The molecule has 48 heavy (non-hydrogen) atoms. The van der Waals surface area contributed by atoms with E-state index in [9.17, 15) is 33.0 Å². The van der Waals surface area contributed by atoms with E-state index < -0.39 is 45.2 Å². The van der Waals surface area contributed by atoms with Gasteiger partial charge in [0.2, 0.25) is 11.8 Å². The van der Waals surface area contributed by atoms with Crippen molar-refractivity contribution in [1.82, 2.24) is 20.1 Å². The molecule has 3 rings (SSSR count). The molecule has 2 aliphatic heterocycles. The molecule has 5 atom stereocenters. The van der Waals surface area contributed by atoms with Crippen LogP contribution in [0.5, 0.6) is 0 Å². The molecule has 1 fully saturated rings. The first-order valence-corrected chi connectivity index (χ1v) is 18.8. The number of fused-ring (bicyclic) bond motifs is 3. The van der Waals surface area contributed by atoms with Gasteiger partial charge >= 0.3 is 5.97 Å². The van der Waals surface area contributed by atoms with Crippen molar-refractivity contribution in [2.24, 2.45) is 11.8 Å². The van der Waals surface area contributed by atoms with E-state index in [1.165, 1.54) is 11.0 Å². The molecule has 0 spiro atoms. The van der Waals surface area contributed by atoms with Crippen LogP contribution in [0, 0.1) is 11.8 Å². The molecule has 0 unspecified atom stereocenters. The van der Waals surface area contributed by atoms with Crippen LogP contribution < -0.4 is 5.32 Å². The van der Waals surface area contributed by atoms with Crippen LogP contribution in [0.3, 0.4) is 0 Å². The maximum atomic E-state index is 14.0. The molecule has 13 nitrogen and oxygen atoms in total. The molecule has 0 saturated carbocycles. The zero-order valence-electron chi connectivity index (χ0n) is 29.2. The number of esters is 1. The minimum absolute atomic E-state index is 0.0103. The van der Waals surface area contributed by atoms with Gasteiger partial charge in [0, 0.05) is 26.1 Å². The topological polar surface area (TPSA) is 180 Å². The van der Waals surface area contributed by atoms with Crippen molar-refractivity contribution in [2.75, 3.05) is 38.5 Å². The zero-order chi connectivity index (χ0) is 35.6. The van der Waals surface area contributed by atoms with E-state index in [0.717, 1.165) is 11.8 Å². The monoisotopic (exact) mass is 694 g/mol. The summed E-state index contributed by atoms with van der Waals surface area (Å²) in [6.07, 6.45) is 4.00. The van der Waals surface area contributed by atoms with Gasteiger partial charge in [-0.15, -0.1) is 0 Å². The van der Waals surface area contributed by atoms with Gasteiger partial charge in [0.15, 0.2) is 15.5 Å². The fraction of sp³-hybridized carbons (Fsp3) is 0.706. The molecule has 2 bridgehead atoms. The number of hydrogen-bond acceptors (Lipinski definition) is 11. The van der Waals surface area contributed by atoms with E-state index in [1.54, 1.807) is 0 Å². The van der Waals surface area contributed by atoms with Crippen molar-refractivity contribution in [3.8, 4) is 0 Å². The predicted molar refractivity (Wildman–Crippen MR) is 181 cm³/mol. The summed E-state index contributed by atoms with van der Waals surface area (Å²) < 4.78 is 39.0. The smallest absolute Gasteiger partial charge is 0.330 e. The Kier molecular flexibility index (Phi) is 14.7. The Hall–Kier alpha value is -3.23. The van der Waals surface area contributed by atoms with Crippen molar-refractivity contribution in [1.29, 1.82) is 0 Å². The van der Waals surface area contributed by atoms with Gasteiger partial charge in [-0.1, -0.05) is 46.3 Å². The Morgan fingerprint density at radius 1 is 1.17 bits per heavy atom. The molecule has 270 valence electrons. The van der Waals surface area contributed by atoms with Crippen molar-refractivity contribution in [3.05, 3.63) is 41.3 Å². The molecule has 0 aromatic carbocycles. The Morgan fingerprint density at radius 3 is 2.54 bits per heavy atom. The average Bonchev–Trinajstić information content (AvgIpc) is 3.68. The van der Waals surface area contributed by atoms with Crippen LogP contribution in [0.1, 0.15) is 90.0 Å². The summed E-state index contributed by atoms with van der Waals surface area (Å²) in [5.74, 6) is -2.41. The first-order chi connectivity index (χ1) is 22.7. The number of aliphatic hydroxyl groups is 2. The first kappa shape index (κ1) is 39.2. The third-order valence-corrected chi connectivity index (χ3v) is 11.3. The molecule has 2 aliphatic rings. The largest absolute Gasteiger partial charge is 0.512 e. The number of aromatic nitrogens is 1. The predicted octanol–water partition coefficient (Wildman–Crippen LogP) is 3.20. The van der Waals surface area contributed by atoms with Gasteiger partial charge in [0.25, 0.3) is 5.91 Å². The second-order valence-electron chi connectivity index (χ2n) is 13.2. The van der Waals surface area contributed by atoms with Crippen LogP contribution >= 0.6 is 0 Å². The van der Waals surface area contributed by atoms with Crippen LogP contribution in [0.15, 0.2) is 34.2 Å². The SMILES string of the molecule is CCN(CC)CCS(=O)(=O)[C@@H]1CCN2C(=O)c3coc(n3)C/C(O)=C\[C@H](O)C/C(C)=C/CCNC(=O)CC[C@@H](C)[C@@H](C(C)C)OC(=O)[C@@H]12. The Balaban J connectivity index is 1.98. The van der Waals surface area contributed by atoms with Crippen molar-refractivity contribution >= 4 is 27.6 Å². The number of hydrogen-bond donors (Lipinski definition) is 3. The highest BCUT2D eigenvalue weighted by Crippen LogP contribution is 2.30. The molecular weight excluding hydrogens is 640 g/mol. The molecule has 3 heterocycles. The number of sulfone groups is 1. The summed E-state index contributed by atoms with van der Waals surface area (Å²) in [6.45, 7) is 13.5. The third-order valence-electron chi connectivity index (χ3n) is 9.17. The second-order valence-corrected chi connectivity index (χ2v) is 15.6. The van der Waals surface area contributed by atoms with Gasteiger partial charge in [0.1, 0.15) is 24.2 Å². The van der Waals surface area contributed by atoms with Crippen molar-refractivity contribution in [2.45, 2.75) is 104 Å². The van der Waals surface area contributed by atoms with E-state index in [0.29, 0.717) is 39.0 Å². The number of ether oxygens (including phenoxy) is 1. The summed E-state index contributed by atoms with van der Waals surface area (Å²) in [7, 11) is -3.85. The van der Waals surface area contributed by atoms with Crippen LogP contribution in [0.4, 0.5) is 0 Å². The third kappa shape index (κ3) is 10.9. The fourth-order valence-corrected chi connectivity index (χ4v) is 8.33. The first-order valence-electron chi connectivity index (χ1n) is 17.1. The molecule has 3 N–H and O–H groups in total. The van der Waals surface area contributed by atoms with E-state index >= 15 is 0 Å². The minimum atomic E-state index is -3.85. The lowest BCUT2D eigenvalue weighted by molar-refractivity contribution is -0.159. The Labute approximate surface area is 284 Å². The molecule has 1 aromatic rings. The maximum absolute atomic E-state index is 14.0. The number of amides is 2. The fourth-order valence-electron chi connectivity index (χ4n) is 6.39. The lowest BCUT2D eigenvalue weighted by Crippen LogP contribution is -2.50. The number of allylic oxidation sites excluding steroid dienone is 1. The number of nitrogens with zero attached hydrogens (tertiary/aromatic N) is 3. The summed E-state index contributed by atoms with van der Waals surface area (Å²) >= 11 is 0. The van der Waals surface area contributed by atoms with Gasteiger partial charge in [-0.2, -0.15) is 0 Å². The molecule has 14 heteroatoms.